The van der Waals surface area contributed by atoms with E-state index in [4.69, 9.17) is 11.6 Å². The monoisotopic (exact) mass is 339 g/mol. The predicted molar refractivity (Wildman–Crippen MR) is 99.6 cm³/mol. The van der Waals surface area contributed by atoms with Crippen molar-refractivity contribution in [1.82, 2.24) is 14.5 Å². The summed E-state index contributed by atoms with van der Waals surface area (Å²) in [5, 5.41) is 2.15. The lowest BCUT2D eigenvalue weighted by atomic mass is 9.97. The third-order valence-corrected chi connectivity index (χ3v) is 5.59. The summed E-state index contributed by atoms with van der Waals surface area (Å²) in [5.41, 5.74) is 5.20. The minimum atomic E-state index is 0.422. The van der Waals surface area contributed by atoms with Gasteiger partial charge in [-0.3, -0.25) is 9.88 Å². The molecule has 3 aromatic rings. The van der Waals surface area contributed by atoms with Crippen LogP contribution in [0.3, 0.4) is 0 Å². The Morgan fingerprint density at radius 1 is 1.21 bits per heavy atom. The molecule has 0 amide bonds. The number of para-hydroxylation sites is 1. The topological polar surface area (TPSA) is 21.1 Å². The summed E-state index contributed by atoms with van der Waals surface area (Å²) >= 11 is 6.60. The van der Waals surface area contributed by atoms with Crippen LogP contribution in [-0.2, 0) is 19.4 Å². The molecule has 0 aliphatic carbocycles. The first-order valence-electron chi connectivity index (χ1n) is 8.56. The van der Waals surface area contributed by atoms with Crippen molar-refractivity contribution in [1.29, 1.82) is 0 Å². The minimum Gasteiger partial charge on any atom is -0.343 e. The van der Waals surface area contributed by atoms with E-state index in [0.29, 0.717) is 6.04 Å². The zero-order valence-corrected chi connectivity index (χ0v) is 14.9. The van der Waals surface area contributed by atoms with Crippen LogP contribution in [0, 0.1) is 0 Å². The highest BCUT2D eigenvalue weighted by Crippen LogP contribution is 2.39. The number of hydrogen-bond acceptors (Lipinski definition) is 2. The fraction of sp³-hybridized carbons (Fsp3) is 0.350. The predicted octanol–water partition coefficient (Wildman–Crippen LogP) is 4.48. The van der Waals surface area contributed by atoms with Crippen molar-refractivity contribution in [3.8, 4) is 0 Å². The third kappa shape index (κ3) is 2.52. The highest BCUT2D eigenvalue weighted by molar-refractivity contribution is 6.35. The van der Waals surface area contributed by atoms with Gasteiger partial charge in [0.25, 0.3) is 0 Å². The maximum atomic E-state index is 6.60. The van der Waals surface area contributed by atoms with Gasteiger partial charge in [0.05, 0.1) is 10.5 Å². The molecule has 1 atom stereocenters. The molecular weight excluding hydrogens is 318 g/mol. The second-order valence-electron chi connectivity index (χ2n) is 6.63. The number of aromatic nitrogens is 2. The number of fused-ring (bicyclic) bond motifs is 3. The van der Waals surface area contributed by atoms with Gasteiger partial charge in [0, 0.05) is 54.9 Å². The van der Waals surface area contributed by atoms with Crippen molar-refractivity contribution >= 4 is 22.5 Å². The number of likely N-dealkylation sites (N-methyl/N-ethyl adjacent to an activating group) is 1. The molecule has 124 valence electrons. The van der Waals surface area contributed by atoms with Gasteiger partial charge in [0.1, 0.15) is 0 Å². The van der Waals surface area contributed by atoms with Crippen molar-refractivity contribution in [2.24, 2.45) is 0 Å². The second-order valence-corrected chi connectivity index (χ2v) is 7.03. The van der Waals surface area contributed by atoms with Gasteiger partial charge < -0.3 is 4.57 Å². The highest BCUT2D eigenvalue weighted by atomic mass is 35.5. The summed E-state index contributed by atoms with van der Waals surface area (Å²) in [6.07, 6.45) is 3.86. The van der Waals surface area contributed by atoms with Gasteiger partial charge in [0.2, 0.25) is 0 Å². The molecule has 3 nitrogen and oxygen atoms in total. The van der Waals surface area contributed by atoms with E-state index in [2.05, 4.69) is 52.7 Å². The number of halogens is 1. The molecule has 24 heavy (non-hydrogen) atoms. The van der Waals surface area contributed by atoms with Crippen molar-refractivity contribution < 1.29 is 0 Å². The lowest BCUT2D eigenvalue weighted by Gasteiger charge is -2.31. The average Bonchev–Trinajstić information content (AvgIpc) is 2.93. The van der Waals surface area contributed by atoms with Crippen molar-refractivity contribution in [3.05, 3.63) is 64.6 Å². The quantitative estimate of drug-likeness (QED) is 0.701. The molecule has 4 rings (SSSR count). The van der Waals surface area contributed by atoms with Crippen LogP contribution in [0.15, 0.2) is 42.6 Å². The Hall–Kier alpha value is -1.84. The fourth-order valence-corrected chi connectivity index (χ4v) is 4.17. The van der Waals surface area contributed by atoms with Crippen LogP contribution in [0.1, 0.15) is 29.9 Å². The fourth-order valence-electron chi connectivity index (χ4n) is 3.89. The summed E-state index contributed by atoms with van der Waals surface area (Å²) in [7, 11) is 2.20. The van der Waals surface area contributed by atoms with Crippen LogP contribution in [0.5, 0.6) is 0 Å². The van der Waals surface area contributed by atoms with Gasteiger partial charge in [-0.15, -0.1) is 0 Å². The number of nitrogens with zero attached hydrogens (tertiary/aromatic N) is 3. The Morgan fingerprint density at radius 3 is 2.88 bits per heavy atom. The molecule has 1 unspecified atom stereocenters. The number of aryl methyl sites for hydroxylation is 2. The normalized spacial score (nSPS) is 18.0. The Bertz CT molecular complexity index is 869. The van der Waals surface area contributed by atoms with E-state index in [9.17, 15) is 0 Å². The molecule has 1 aliphatic heterocycles. The largest absolute Gasteiger partial charge is 0.343 e. The molecule has 0 bridgehead atoms. The molecule has 2 aromatic heterocycles. The van der Waals surface area contributed by atoms with Crippen LogP contribution < -0.4 is 0 Å². The zero-order valence-electron chi connectivity index (χ0n) is 14.2. The maximum Gasteiger partial charge on any atom is 0.0675 e. The molecule has 1 aromatic carbocycles. The third-order valence-electron chi connectivity index (χ3n) is 5.28. The molecule has 0 radical (unpaired) electrons. The highest BCUT2D eigenvalue weighted by Gasteiger charge is 2.28. The summed E-state index contributed by atoms with van der Waals surface area (Å²) < 4.78 is 2.44. The first kappa shape index (κ1) is 15.7. The molecule has 0 saturated carbocycles. The minimum absolute atomic E-state index is 0.422. The molecule has 1 aliphatic rings. The van der Waals surface area contributed by atoms with Crippen LogP contribution >= 0.6 is 11.6 Å². The van der Waals surface area contributed by atoms with Crippen LogP contribution in [0.4, 0.5) is 0 Å². The number of pyridine rings is 1. The number of hydrogen-bond donors (Lipinski definition) is 0. The average molecular weight is 340 g/mol. The van der Waals surface area contributed by atoms with E-state index in [1.165, 1.54) is 22.2 Å². The van der Waals surface area contributed by atoms with Crippen molar-refractivity contribution in [2.45, 2.75) is 32.4 Å². The summed E-state index contributed by atoms with van der Waals surface area (Å²) in [5.74, 6) is 0. The first-order chi connectivity index (χ1) is 11.7. The second kappa shape index (κ2) is 6.23. The van der Waals surface area contributed by atoms with E-state index in [1.807, 2.05) is 18.3 Å². The Labute approximate surface area is 147 Å². The summed E-state index contributed by atoms with van der Waals surface area (Å²) in [6.45, 7) is 4.30. The van der Waals surface area contributed by atoms with E-state index in [0.717, 1.165) is 36.6 Å². The van der Waals surface area contributed by atoms with Gasteiger partial charge in [-0.1, -0.05) is 29.8 Å². The Morgan fingerprint density at radius 2 is 2.08 bits per heavy atom. The lowest BCUT2D eigenvalue weighted by Crippen LogP contribution is -2.31. The smallest absolute Gasteiger partial charge is 0.0675 e. The molecule has 3 heterocycles. The summed E-state index contributed by atoms with van der Waals surface area (Å²) in [6, 6.07) is 12.8. The maximum absolute atomic E-state index is 6.60. The van der Waals surface area contributed by atoms with E-state index >= 15 is 0 Å². The van der Waals surface area contributed by atoms with E-state index < -0.39 is 0 Å². The summed E-state index contributed by atoms with van der Waals surface area (Å²) in [4.78, 5) is 6.89. The van der Waals surface area contributed by atoms with E-state index in [-0.39, 0.29) is 0 Å². The van der Waals surface area contributed by atoms with Crippen molar-refractivity contribution in [3.63, 3.8) is 0 Å². The first-order valence-corrected chi connectivity index (χ1v) is 8.94. The number of benzene rings is 1. The van der Waals surface area contributed by atoms with Gasteiger partial charge in [-0.2, -0.15) is 0 Å². The SMILES string of the molecule is CC1c2c(n(CCc3ccccn3)c3c(Cl)cccc23)CCN1C. The van der Waals surface area contributed by atoms with E-state index in [1.54, 1.807) is 0 Å². The Balaban J connectivity index is 1.82. The van der Waals surface area contributed by atoms with Gasteiger partial charge in [0.15, 0.2) is 0 Å². The zero-order chi connectivity index (χ0) is 16.7. The van der Waals surface area contributed by atoms with Gasteiger partial charge in [-0.25, -0.2) is 0 Å². The van der Waals surface area contributed by atoms with Crippen LogP contribution in [0.2, 0.25) is 5.02 Å². The molecule has 0 saturated heterocycles. The number of rotatable bonds is 3. The van der Waals surface area contributed by atoms with Gasteiger partial charge in [-0.05, 0) is 37.7 Å². The lowest BCUT2D eigenvalue weighted by molar-refractivity contribution is 0.245. The standard InChI is InChI=1S/C20H22ClN3/c1-14-19-16-7-5-8-17(21)20(16)24(18(19)10-12-23(14)2)13-9-15-6-3-4-11-22-15/h3-8,11,14H,9-10,12-13H2,1-2H3. The molecule has 0 fully saturated rings. The molecule has 0 spiro atoms. The van der Waals surface area contributed by atoms with Crippen LogP contribution in [0.25, 0.3) is 10.9 Å². The molecule has 4 heteroatoms. The molecular formula is C20H22ClN3. The molecule has 0 N–H and O–H groups in total. The van der Waals surface area contributed by atoms with Crippen molar-refractivity contribution in [2.75, 3.05) is 13.6 Å². The van der Waals surface area contributed by atoms with Crippen LogP contribution in [-0.4, -0.2) is 28.0 Å². The van der Waals surface area contributed by atoms with Gasteiger partial charge >= 0.3 is 0 Å². The Kier molecular flexibility index (Phi) is 4.07.